The number of carboxylic acid groups (broad SMARTS) is 1. The Kier molecular flexibility index (Phi) is 6.95. The molecule has 0 aromatic rings. The second kappa shape index (κ2) is 9.55. The van der Waals surface area contributed by atoms with Crippen molar-refractivity contribution in [2.75, 3.05) is 6.61 Å². The molecule has 0 bridgehead atoms. The first-order chi connectivity index (χ1) is 16.9. The van der Waals surface area contributed by atoms with Gasteiger partial charge in [0.05, 0.1) is 12.1 Å². The third kappa shape index (κ3) is 4.40. The molecule has 3 saturated carbocycles. The zero-order chi connectivity index (χ0) is 26.3. The first-order valence-corrected chi connectivity index (χ1v) is 12.8. The maximum absolute atomic E-state index is 12.0. The fourth-order valence-electron chi connectivity index (χ4n) is 7.71. The summed E-state index contributed by atoms with van der Waals surface area (Å²) in [6.45, 7) is 4.10. The van der Waals surface area contributed by atoms with Gasteiger partial charge in [-0.1, -0.05) is 30.5 Å². The Balaban J connectivity index is 1.40. The van der Waals surface area contributed by atoms with Crippen LogP contribution in [0.5, 0.6) is 0 Å². The number of aliphatic hydroxyl groups is 1. The number of rotatable bonds is 7. The van der Waals surface area contributed by atoms with Gasteiger partial charge >= 0.3 is 5.97 Å². The normalized spacial score (nSPS) is 39.0. The Labute approximate surface area is 211 Å². The third-order valence-electron chi connectivity index (χ3n) is 9.78. The lowest BCUT2D eigenvalue weighted by Gasteiger charge is -2.58. The van der Waals surface area contributed by atoms with Gasteiger partial charge in [0.1, 0.15) is 11.6 Å². The van der Waals surface area contributed by atoms with E-state index in [4.69, 9.17) is 22.1 Å². The number of carboxylic acids is 1. The van der Waals surface area contributed by atoms with Gasteiger partial charge in [0.15, 0.2) is 6.61 Å². The van der Waals surface area contributed by atoms with E-state index in [0.29, 0.717) is 24.2 Å². The van der Waals surface area contributed by atoms with E-state index in [2.05, 4.69) is 36.3 Å². The Hall–Kier alpha value is -2.86. The first-order valence-electron chi connectivity index (χ1n) is 12.8. The summed E-state index contributed by atoms with van der Waals surface area (Å²) in [6.07, 6.45) is 14.7. The van der Waals surface area contributed by atoms with Gasteiger partial charge in [-0.15, -0.1) is 6.42 Å². The van der Waals surface area contributed by atoms with Crippen LogP contribution in [-0.4, -0.2) is 52.0 Å². The number of amides is 2. The summed E-state index contributed by atoms with van der Waals surface area (Å²) >= 11 is 0. The average Bonchev–Trinajstić information content (AvgIpc) is 3.09. The quantitative estimate of drug-likeness (QED) is 0.311. The van der Waals surface area contributed by atoms with Crippen LogP contribution in [0.1, 0.15) is 71.6 Å². The number of allylic oxidation sites excluding steroid dienone is 2. The molecule has 0 aliphatic heterocycles. The molecule has 0 saturated heterocycles. The predicted octanol–water partition coefficient (Wildman–Crippen LogP) is 2.13. The maximum atomic E-state index is 12.0. The second-order valence-corrected chi connectivity index (χ2v) is 11.5. The lowest BCUT2D eigenvalue weighted by Crippen LogP contribution is -2.54. The SMILES string of the molecule is C#C[C@@]1(O)CC[C@@H]2[C@H]3CCC4=C/C(=N/OCC(=O)N[C@H](CC(N)=O)C(=O)O)CC[C@]4(C)[C@H]3CC[C@@]21C. The Morgan fingerprint density at radius 1 is 1.22 bits per heavy atom. The smallest absolute Gasteiger partial charge is 0.326 e. The van der Waals surface area contributed by atoms with Crippen LogP contribution < -0.4 is 11.1 Å². The lowest BCUT2D eigenvalue weighted by atomic mass is 9.46. The number of carbonyl (C=O) groups excluding carboxylic acids is 2. The van der Waals surface area contributed by atoms with E-state index in [1.807, 2.05) is 0 Å². The molecule has 4 aliphatic carbocycles. The van der Waals surface area contributed by atoms with Crippen molar-refractivity contribution in [1.29, 1.82) is 0 Å². The van der Waals surface area contributed by atoms with Gasteiger partial charge in [-0.2, -0.15) is 0 Å². The first kappa shape index (κ1) is 26.2. The number of hydrogen-bond acceptors (Lipinski definition) is 6. The van der Waals surface area contributed by atoms with Crippen molar-refractivity contribution in [3.8, 4) is 12.3 Å². The zero-order valence-corrected chi connectivity index (χ0v) is 21.1. The predicted molar refractivity (Wildman–Crippen MR) is 132 cm³/mol. The maximum Gasteiger partial charge on any atom is 0.326 e. The summed E-state index contributed by atoms with van der Waals surface area (Å²) in [6, 6.07) is -1.40. The highest BCUT2D eigenvalue weighted by Gasteiger charge is 2.63. The standard InChI is InChI=1S/C27H37N3O6/c1-4-27(35)12-9-20-18-6-5-16-13-17(7-10-25(16,2)19(18)8-11-26(20,27)3)30-36-15-23(32)29-21(24(33)34)14-22(28)31/h1,13,18-21,35H,5-12,14-15H2,2-3H3,(H2,28,31)(H,29,32)(H,33,34)/b30-17+/t18-,19-,20+,21+,25-,26-,27+/m0/s1. The van der Waals surface area contributed by atoms with Crippen molar-refractivity contribution in [3.05, 3.63) is 11.6 Å². The number of nitrogens with two attached hydrogens (primary N) is 1. The highest BCUT2D eigenvalue weighted by Crippen LogP contribution is 2.67. The Morgan fingerprint density at radius 3 is 2.61 bits per heavy atom. The van der Waals surface area contributed by atoms with E-state index < -0.39 is 42.5 Å². The topological polar surface area (TPSA) is 151 Å². The number of hydrogen-bond donors (Lipinski definition) is 4. The largest absolute Gasteiger partial charge is 0.480 e. The minimum absolute atomic E-state index is 0.0704. The molecule has 0 spiro atoms. The van der Waals surface area contributed by atoms with Gasteiger partial charge in [-0.05, 0) is 80.6 Å². The molecule has 196 valence electrons. The molecule has 0 unspecified atom stereocenters. The van der Waals surface area contributed by atoms with Crippen LogP contribution in [-0.2, 0) is 19.2 Å². The van der Waals surface area contributed by atoms with Gasteiger partial charge in [-0.25, -0.2) is 4.79 Å². The van der Waals surface area contributed by atoms with Crippen LogP contribution in [0.25, 0.3) is 0 Å². The number of fused-ring (bicyclic) bond motifs is 5. The zero-order valence-electron chi connectivity index (χ0n) is 21.1. The van der Waals surface area contributed by atoms with Gasteiger partial charge in [-0.3, -0.25) is 9.59 Å². The lowest BCUT2D eigenvalue weighted by molar-refractivity contribution is -0.144. The number of nitrogens with one attached hydrogen (secondary N) is 1. The number of primary amides is 1. The van der Waals surface area contributed by atoms with E-state index in [1.165, 1.54) is 5.57 Å². The third-order valence-corrected chi connectivity index (χ3v) is 9.78. The summed E-state index contributed by atoms with van der Waals surface area (Å²) in [4.78, 5) is 39.4. The Morgan fingerprint density at radius 2 is 1.94 bits per heavy atom. The Bertz CT molecular complexity index is 1050. The van der Waals surface area contributed by atoms with Gasteiger partial charge < -0.3 is 26.1 Å². The molecule has 3 fully saturated rings. The summed E-state index contributed by atoms with van der Waals surface area (Å²) < 4.78 is 0. The number of terminal acetylenes is 1. The minimum atomic E-state index is -1.40. The number of oxime groups is 1. The molecule has 4 aliphatic rings. The summed E-state index contributed by atoms with van der Waals surface area (Å²) in [5, 5.41) is 26.6. The molecular weight excluding hydrogens is 462 g/mol. The molecule has 2 amide bonds. The monoisotopic (exact) mass is 499 g/mol. The summed E-state index contributed by atoms with van der Waals surface area (Å²) in [7, 11) is 0. The molecule has 7 atom stereocenters. The number of nitrogens with zero attached hydrogens (tertiary/aromatic N) is 1. The summed E-state index contributed by atoms with van der Waals surface area (Å²) in [5.41, 5.74) is 6.01. The van der Waals surface area contributed by atoms with Crippen LogP contribution >= 0.6 is 0 Å². The molecular formula is C27H37N3O6. The fraction of sp³-hybridized carbons (Fsp3) is 0.704. The van der Waals surface area contributed by atoms with Crippen LogP contribution in [0.4, 0.5) is 0 Å². The van der Waals surface area contributed by atoms with Crippen molar-refractivity contribution >= 4 is 23.5 Å². The van der Waals surface area contributed by atoms with Crippen LogP contribution in [0, 0.1) is 40.9 Å². The van der Waals surface area contributed by atoms with Crippen LogP contribution in [0.2, 0.25) is 0 Å². The molecule has 0 aromatic carbocycles. The van der Waals surface area contributed by atoms with Crippen molar-refractivity contribution in [2.24, 2.45) is 39.5 Å². The van der Waals surface area contributed by atoms with Crippen molar-refractivity contribution in [1.82, 2.24) is 5.32 Å². The molecule has 9 heteroatoms. The highest BCUT2D eigenvalue weighted by molar-refractivity contribution is 5.96. The van der Waals surface area contributed by atoms with E-state index in [9.17, 15) is 19.5 Å². The fourth-order valence-corrected chi connectivity index (χ4v) is 7.71. The number of carbonyl (C=O) groups is 3. The van der Waals surface area contributed by atoms with Crippen LogP contribution in [0.3, 0.4) is 0 Å². The second-order valence-electron chi connectivity index (χ2n) is 11.5. The molecule has 5 N–H and O–H groups in total. The average molecular weight is 500 g/mol. The molecule has 9 nitrogen and oxygen atoms in total. The van der Waals surface area contributed by atoms with Crippen molar-refractivity contribution in [2.45, 2.75) is 83.3 Å². The number of aliphatic carboxylic acids is 1. The van der Waals surface area contributed by atoms with Crippen LogP contribution in [0.15, 0.2) is 16.8 Å². The summed E-state index contributed by atoms with van der Waals surface area (Å²) in [5.74, 6) is 1.42. The molecule has 4 rings (SSSR count). The van der Waals surface area contributed by atoms with E-state index in [0.717, 1.165) is 50.7 Å². The van der Waals surface area contributed by atoms with Gasteiger partial charge in [0, 0.05) is 5.41 Å². The molecule has 0 radical (unpaired) electrons. The van der Waals surface area contributed by atoms with Gasteiger partial charge in [0.2, 0.25) is 5.91 Å². The van der Waals surface area contributed by atoms with Crippen molar-refractivity contribution in [3.63, 3.8) is 0 Å². The molecule has 36 heavy (non-hydrogen) atoms. The molecule has 0 heterocycles. The highest BCUT2D eigenvalue weighted by atomic mass is 16.6. The van der Waals surface area contributed by atoms with E-state index in [-0.39, 0.29) is 10.8 Å². The van der Waals surface area contributed by atoms with E-state index in [1.54, 1.807) is 0 Å². The molecule has 0 aromatic heterocycles. The van der Waals surface area contributed by atoms with E-state index >= 15 is 0 Å². The minimum Gasteiger partial charge on any atom is -0.480 e. The van der Waals surface area contributed by atoms with Gasteiger partial charge in [0.25, 0.3) is 5.91 Å². The van der Waals surface area contributed by atoms with Crippen molar-refractivity contribution < 1.29 is 29.4 Å².